The van der Waals surface area contributed by atoms with E-state index in [-0.39, 0.29) is 35.6 Å². The number of imidazole rings is 1. The minimum Gasteiger partial charge on any atom is -0.385 e. The first-order valence-electron chi connectivity index (χ1n) is 20.2. The van der Waals surface area contributed by atoms with E-state index in [9.17, 15) is 18.8 Å². The number of aromatic nitrogens is 4. The Morgan fingerprint density at radius 1 is 0.877 bits per heavy atom. The molecule has 2 N–H and O–H groups in total. The maximum Gasteiger partial charge on any atom is 0.243 e. The Morgan fingerprint density at radius 3 is 2.60 bits per heavy atom. The van der Waals surface area contributed by atoms with Crippen LogP contribution >= 0.6 is 0 Å². The van der Waals surface area contributed by atoms with Gasteiger partial charge in [-0.2, -0.15) is 0 Å². The lowest BCUT2D eigenvalue weighted by Gasteiger charge is -2.35. The first-order valence-corrected chi connectivity index (χ1v) is 20.2. The van der Waals surface area contributed by atoms with Crippen LogP contribution in [-0.4, -0.2) is 92.4 Å². The maximum absolute atomic E-state index is 14.1. The van der Waals surface area contributed by atoms with Gasteiger partial charge in [-0.25, -0.2) is 18.9 Å². The van der Waals surface area contributed by atoms with Crippen LogP contribution in [0.15, 0.2) is 79.0 Å². The number of imide groups is 1. The summed E-state index contributed by atoms with van der Waals surface area (Å²) in [6.07, 6.45) is 6.86. The normalized spacial score (nSPS) is 20.0. The van der Waals surface area contributed by atoms with Crippen molar-refractivity contribution in [2.75, 3.05) is 54.4 Å². The molecule has 294 valence electrons. The Hall–Kier alpha value is -5.89. The highest BCUT2D eigenvalue weighted by Crippen LogP contribution is 2.36. The number of piperidine rings is 1. The molecule has 9 rings (SSSR count). The third-order valence-electron chi connectivity index (χ3n) is 11.9. The molecule has 2 atom stereocenters. The maximum atomic E-state index is 14.1. The average molecular weight is 771 g/mol. The lowest BCUT2D eigenvalue weighted by atomic mass is 10.0. The van der Waals surface area contributed by atoms with Crippen molar-refractivity contribution in [3.8, 4) is 11.4 Å². The fourth-order valence-electron chi connectivity index (χ4n) is 8.87. The Kier molecular flexibility index (Phi) is 10.3. The number of carbonyl (C=O) groups excluding carboxylic acids is 3. The van der Waals surface area contributed by atoms with Crippen LogP contribution in [0.25, 0.3) is 17.0 Å². The molecule has 13 nitrogen and oxygen atoms in total. The summed E-state index contributed by atoms with van der Waals surface area (Å²) in [7, 11) is 0. The summed E-state index contributed by atoms with van der Waals surface area (Å²) in [6, 6.07) is 22.8. The van der Waals surface area contributed by atoms with E-state index in [1.165, 1.54) is 17.2 Å². The Bertz CT molecular complexity index is 2310. The van der Waals surface area contributed by atoms with E-state index in [0.717, 1.165) is 78.7 Å². The number of rotatable bonds is 11. The van der Waals surface area contributed by atoms with Gasteiger partial charge in [0.05, 0.1) is 24.0 Å². The van der Waals surface area contributed by atoms with Crippen LogP contribution in [0.4, 0.5) is 21.7 Å². The molecule has 5 aromatic rings. The van der Waals surface area contributed by atoms with Crippen LogP contribution in [0, 0.1) is 5.82 Å². The van der Waals surface area contributed by atoms with Gasteiger partial charge in [-0.3, -0.25) is 24.6 Å². The molecule has 1 unspecified atom stereocenters. The summed E-state index contributed by atoms with van der Waals surface area (Å²) >= 11 is 0. The third-order valence-corrected chi connectivity index (χ3v) is 11.9. The molecule has 14 heteroatoms. The number of anilines is 3. The van der Waals surface area contributed by atoms with Crippen molar-refractivity contribution < 1.29 is 18.8 Å². The van der Waals surface area contributed by atoms with Crippen LogP contribution in [-0.2, 0) is 27.5 Å². The van der Waals surface area contributed by atoms with Crippen LogP contribution in [0.1, 0.15) is 67.7 Å². The minimum absolute atomic E-state index is 0.0606. The molecule has 2 aromatic carbocycles. The zero-order chi connectivity index (χ0) is 38.9. The van der Waals surface area contributed by atoms with Gasteiger partial charge in [0.2, 0.25) is 17.7 Å². The predicted octanol–water partition coefficient (Wildman–Crippen LogP) is 5.32. The van der Waals surface area contributed by atoms with Gasteiger partial charge in [0, 0.05) is 70.9 Å². The summed E-state index contributed by atoms with van der Waals surface area (Å²) in [5, 5.41) is 11.1. The number of fused-ring (bicyclic) bond motifs is 2. The Labute approximate surface area is 330 Å². The number of pyridine rings is 1. The zero-order valence-corrected chi connectivity index (χ0v) is 31.9. The van der Waals surface area contributed by atoms with Gasteiger partial charge in [0.15, 0.2) is 5.65 Å². The first kappa shape index (κ1) is 36.7. The van der Waals surface area contributed by atoms with Crippen molar-refractivity contribution in [1.82, 2.24) is 34.7 Å². The zero-order valence-electron chi connectivity index (χ0n) is 31.9. The van der Waals surface area contributed by atoms with Gasteiger partial charge in [0.25, 0.3) is 0 Å². The number of carbonyl (C=O) groups is 3. The van der Waals surface area contributed by atoms with E-state index in [1.54, 1.807) is 12.1 Å². The van der Waals surface area contributed by atoms with Crippen LogP contribution in [0.3, 0.4) is 0 Å². The predicted molar refractivity (Wildman–Crippen MR) is 215 cm³/mol. The summed E-state index contributed by atoms with van der Waals surface area (Å²) in [4.78, 5) is 55.5. The fraction of sp³-hybridized carbons (Fsp3) is 0.395. The monoisotopic (exact) mass is 770 g/mol. The first-order chi connectivity index (χ1) is 27.9. The van der Waals surface area contributed by atoms with Gasteiger partial charge in [0.1, 0.15) is 23.1 Å². The highest BCUT2D eigenvalue weighted by Gasteiger charge is 2.35. The topological polar surface area (TPSA) is 131 Å². The number of hydrogen-bond acceptors (Lipinski definition) is 10. The van der Waals surface area contributed by atoms with Gasteiger partial charge < -0.3 is 20.0 Å². The number of amides is 3. The van der Waals surface area contributed by atoms with Gasteiger partial charge in [-0.1, -0.05) is 30.3 Å². The molecule has 3 amide bonds. The molecule has 57 heavy (non-hydrogen) atoms. The van der Waals surface area contributed by atoms with E-state index in [2.05, 4.69) is 42.5 Å². The van der Waals surface area contributed by atoms with Gasteiger partial charge in [-0.05, 0) is 91.3 Å². The van der Waals surface area contributed by atoms with Crippen molar-refractivity contribution in [2.24, 2.45) is 0 Å². The molecule has 4 aliphatic heterocycles. The van der Waals surface area contributed by atoms with E-state index in [1.807, 2.05) is 58.1 Å². The fourth-order valence-corrected chi connectivity index (χ4v) is 8.87. The van der Waals surface area contributed by atoms with Crippen molar-refractivity contribution >= 4 is 40.7 Å². The van der Waals surface area contributed by atoms with Gasteiger partial charge >= 0.3 is 0 Å². The largest absolute Gasteiger partial charge is 0.385 e. The smallest absolute Gasteiger partial charge is 0.243 e. The molecule has 4 aliphatic rings. The molecule has 3 fully saturated rings. The minimum atomic E-state index is -0.280. The van der Waals surface area contributed by atoms with E-state index in [0.29, 0.717) is 58.5 Å². The van der Waals surface area contributed by atoms with E-state index in [4.69, 9.17) is 10.1 Å². The number of nitrogens with zero attached hydrogens (tertiary/aromatic N) is 8. The van der Waals surface area contributed by atoms with Crippen LogP contribution in [0.5, 0.6) is 0 Å². The van der Waals surface area contributed by atoms with Crippen molar-refractivity contribution in [1.29, 1.82) is 0 Å². The SMILES string of the molecule is O=C1CCC(N2Cc3cccc(NCCCCC(=O)N4CCN(c5cccc(-c6cnc7ccc(N8CCC[C@@H]8c8cccc(F)c8)nn67)n5)CC4)c3C2)C(=O)N1. The summed E-state index contributed by atoms with van der Waals surface area (Å²) in [6.45, 7) is 5.66. The second-order valence-corrected chi connectivity index (χ2v) is 15.5. The lowest BCUT2D eigenvalue weighted by molar-refractivity contribution is -0.137. The molecule has 0 aliphatic carbocycles. The summed E-state index contributed by atoms with van der Waals surface area (Å²) < 4.78 is 15.9. The lowest BCUT2D eigenvalue weighted by Crippen LogP contribution is -2.50. The summed E-state index contributed by atoms with van der Waals surface area (Å²) in [5.41, 5.74) is 6.73. The Morgan fingerprint density at radius 2 is 1.74 bits per heavy atom. The molecule has 0 bridgehead atoms. The number of halogens is 1. The van der Waals surface area contributed by atoms with Crippen molar-refractivity contribution in [3.05, 3.63) is 102 Å². The Balaban J connectivity index is 0.763. The summed E-state index contributed by atoms with van der Waals surface area (Å²) in [5.74, 6) is 1.24. The van der Waals surface area contributed by atoms with Crippen molar-refractivity contribution in [2.45, 2.75) is 70.1 Å². The molecule has 0 spiro atoms. The highest BCUT2D eigenvalue weighted by molar-refractivity contribution is 6.00. The number of piperazine rings is 1. The standard InChI is InChI=1S/C43H47FN10O3/c44-31-9-3-7-29(25-31)35-12-6-20-53(35)40-17-16-38-46-26-37(54(38)49-40)34-11-5-13-39(47-34)50-21-23-51(24-22-50)42(56)14-1-2-19-45-33-10-4-8-30-27-52(28-32(30)33)36-15-18-41(55)48-43(36)57/h3-5,7-11,13,16-17,25-26,35-36,45H,1-2,6,12,14-15,18-24,27-28H2,(H,48,55,57)/t35-,36?/m1/s1. The molecule has 3 saturated heterocycles. The second kappa shape index (κ2) is 15.9. The average Bonchev–Trinajstić information content (AvgIpc) is 4.00. The quantitative estimate of drug-likeness (QED) is 0.134. The van der Waals surface area contributed by atoms with E-state index >= 15 is 0 Å². The second-order valence-electron chi connectivity index (χ2n) is 15.5. The number of unbranched alkanes of at least 4 members (excludes halogenated alkanes) is 1. The number of benzene rings is 2. The number of nitrogens with one attached hydrogen (secondary N) is 2. The van der Waals surface area contributed by atoms with Crippen molar-refractivity contribution in [3.63, 3.8) is 0 Å². The third kappa shape index (κ3) is 7.65. The molecule has 0 saturated carbocycles. The molecule has 7 heterocycles. The number of hydrogen-bond donors (Lipinski definition) is 2. The van der Waals surface area contributed by atoms with E-state index < -0.39 is 0 Å². The molecule has 0 radical (unpaired) electrons. The van der Waals surface area contributed by atoms with Crippen LogP contribution in [0.2, 0.25) is 0 Å². The molecule has 3 aromatic heterocycles. The van der Waals surface area contributed by atoms with Gasteiger partial charge in [-0.15, -0.1) is 5.10 Å². The van der Waals surface area contributed by atoms with Crippen LogP contribution < -0.4 is 20.4 Å². The highest BCUT2D eigenvalue weighted by atomic mass is 19.1. The molecular weight excluding hydrogens is 724 g/mol. The molecular formula is C43H47FN10O3.